The predicted molar refractivity (Wildman–Crippen MR) is 74.7 cm³/mol. The summed E-state index contributed by atoms with van der Waals surface area (Å²) in [6.45, 7) is 0.959. The third-order valence-corrected chi connectivity index (χ3v) is 3.60. The molecule has 1 aromatic carbocycles. The maximum absolute atomic E-state index is 12.1. The lowest BCUT2D eigenvalue weighted by Gasteiger charge is -2.28. The van der Waals surface area contributed by atoms with Gasteiger partial charge in [0.1, 0.15) is 0 Å². The summed E-state index contributed by atoms with van der Waals surface area (Å²) in [5.74, 6) is 0.133. The molecule has 0 bridgehead atoms. The van der Waals surface area contributed by atoms with E-state index in [1.54, 1.807) is 4.90 Å². The van der Waals surface area contributed by atoms with E-state index >= 15 is 0 Å². The van der Waals surface area contributed by atoms with E-state index in [2.05, 4.69) is 10.0 Å². The summed E-state index contributed by atoms with van der Waals surface area (Å²) in [6, 6.07) is 9.61. The Morgan fingerprint density at radius 2 is 2.20 bits per heavy atom. The molecule has 6 heteroatoms. The predicted octanol–water partition coefficient (Wildman–Crippen LogP) is 2.27. The summed E-state index contributed by atoms with van der Waals surface area (Å²) in [5.41, 5.74) is 9.38. The fourth-order valence-electron chi connectivity index (χ4n) is 2.68. The second-order valence-electron chi connectivity index (χ2n) is 4.97. The zero-order valence-corrected chi connectivity index (χ0v) is 11.2. The van der Waals surface area contributed by atoms with E-state index in [-0.39, 0.29) is 24.5 Å². The zero-order valence-electron chi connectivity index (χ0n) is 11.2. The molecule has 0 radical (unpaired) electrons. The molecule has 1 fully saturated rings. The van der Waals surface area contributed by atoms with Crippen LogP contribution in [-0.2, 0) is 4.79 Å². The van der Waals surface area contributed by atoms with Gasteiger partial charge in [-0.1, -0.05) is 35.4 Å². The molecule has 1 N–H and O–H groups in total. The molecule has 1 aromatic rings. The molecular formula is C14H18N4O2. The Labute approximate surface area is 117 Å². The molecule has 1 aliphatic rings. The van der Waals surface area contributed by atoms with E-state index < -0.39 is 0 Å². The molecule has 2 unspecified atom stereocenters. The number of rotatable bonds is 6. The molecule has 0 spiro atoms. The van der Waals surface area contributed by atoms with Crippen LogP contribution in [0.1, 0.15) is 24.4 Å². The lowest BCUT2D eigenvalue weighted by molar-refractivity contribution is -0.130. The number of carbonyl (C=O) groups excluding carboxylic acids is 1. The van der Waals surface area contributed by atoms with Gasteiger partial charge in [-0.05, 0) is 23.4 Å². The number of benzene rings is 1. The largest absolute Gasteiger partial charge is 0.396 e. The smallest absolute Gasteiger partial charge is 0.223 e. The standard InChI is InChI=1S/C14H18N4O2/c15-17-16-9-11-8-14(20)18(10-11)13(6-7-19)12-4-2-1-3-5-12/h1-5,11,13,19H,6-10H2. The lowest BCUT2D eigenvalue weighted by Crippen LogP contribution is -2.31. The summed E-state index contributed by atoms with van der Waals surface area (Å²) in [4.78, 5) is 16.7. The lowest BCUT2D eigenvalue weighted by atomic mass is 10.0. The van der Waals surface area contributed by atoms with E-state index in [1.807, 2.05) is 30.3 Å². The Morgan fingerprint density at radius 1 is 1.45 bits per heavy atom. The van der Waals surface area contributed by atoms with Crippen molar-refractivity contribution >= 4 is 5.91 Å². The highest BCUT2D eigenvalue weighted by molar-refractivity contribution is 5.79. The summed E-state index contributed by atoms with van der Waals surface area (Å²) >= 11 is 0. The van der Waals surface area contributed by atoms with Crippen molar-refractivity contribution in [2.75, 3.05) is 19.7 Å². The molecule has 2 rings (SSSR count). The Kier molecular flexibility index (Phi) is 4.98. The Balaban J connectivity index is 2.14. The summed E-state index contributed by atoms with van der Waals surface area (Å²) in [7, 11) is 0. The molecule has 20 heavy (non-hydrogen) atoms. The second-order valence-corrected chi connectivity index (χ2v) is 4.97. The quantitative estimate of drug-likeness (QED) is 0.490. The highest BCUT2D eigenvalue weighted by atomic mass is 16.3. The van der Waals surface area contributed by atoms with Crippen molar-refractivity contribution in [3.8, 4) is 0 Å². The number of hydrogen-bond donors (Lipinski definition) is 1. The average molecular weight is 274 g/mol. The van der Waals surface area contributed by atoms with Crippen molar-refractivity contribution in [2.45, 2.75) is 18.9 Å². The molecule has 0 aliphatic carbocycles. The van der Waals surface area contributed by atoms with Gasteiger partial charge in [-0.2, -0.15) is 0 Å². The fourth-order valence-corrected chi connectivity index (χ4v) is 2.68. The molecule has 0 saturated carbocycles. The third-order valence-electron chi connectivity index (χ3n) is 3.60. The number of likely N-dealkylation sites (tertiary alicyclic amines) is 1. The number of carbonyl (C=O) groups is 1. The summed E-state index contributed by atoms with van der Waals surface area (Å²) in [5, 5.41) is 12.8. The van der Waals surface area contributed by atoms with Crippen molar-refractivity contribution in [3.05, 3.63) is 46.3 Å². The van der Waals surface area contributed by atoms with Gasteiger partial charge in [0.15, 0.2) is 0 Å². The van der Waals surface area contributed by atoms with Crippen molar-refractivity contribution in [1.29, 1.82) is 0 Å². The van der Waals surface area contributed by atoms with Crippen LogP contribution in [-0.4, -0.2) is 35.6 Å². The van der Waals surface area contributed by atoms with Gasteiger partial charge in [0.05, 0.1) is 6.04 Å². The van der Waals surface area contributed by atoms with E-state index in [0.717, 1.165) is 5.56 Å². The van der Waals surface area contributed by atoms with Crippen LogP contribution in [0.4, 0.5) is 0 Å². The average Bonchev–Trinajstić information content (AvgIpc) is 2.84. The molecule has 1 aliphatic heterocycles. The molecule has 6 nitrogen and oxygen atoms in total. The van der Waals surface area contributed by atoms with E-state index in [9.17, 15) is 9.90 Å². The molecule has 0 aromatic heterocycles. The highest BCUT2D eigenvalue weighted by Crippen LogP contribution is 2.31. The minimum atomic E-state index is -0.107. The Morgan fingerprint density at radius 3 is 2.85 bits per heavy atom. The van der Waals surface area contributed by atoms with Gasteiger partial charge in [-0.15, -0.1) is 0 Å². The van der Waals surface area contributed by atoms with Crippen LogP contribution in [0.3, 0.4) is 0 Å². The Bertz CT molecular complexity index is 499. The number of amides is 1. The van der Waals surface area contributed by atoms with Crippen molar-refractivity contribution in [1.82, 2.24) is 4.90 Å². The molecule has 1 amide bonds. The van der Waals surface area contributed by atoms with Gasteiger partial charge < -0.3 is 10.0 Å². The minimum absolute atomic E-state index is 0.0321. The highest BCUT2D eigenvalue weighted by Gasteiger charge is 2.34. The topological polar surface area (TPSA) is 89.3 Å². The number of hydrogen-bond acceptors (Lipinski definition) is 3. The van der Waals surface area contributed by atoms with Crippen molar-refractivity contribution in [2.24, 2.45) is 11.0 Å². The van der Waals surface area contributed by atoms with Crippen LogP contribution in [0.2, 0.25) is 0 Å². The SMILES string of the molecule is [N-]=[N+]=NCC1CC(=O)N(C(CCO)c2ccccc2)C1. The van der Waals surface area contributed by atoms with Gasteiger partial charge in [0.2, 0.25) is 5.91 Å². The Hall–Kier alpha value is -2.04. The van der Waals surface area contributed by atoms with Crippen LogP contribution in [0.25, 0.3) is 10.4 Å². The monoisotopic (exact) mass is 274 g/mol. The van der Waals surface area contributed by atoms with Gasteiger partial charge in [0.25, 0.3) is 0 Å². The maximum Gasteiger partial charge on any atom is 0.223 e. The first-order valence-corrected chi connectivity index (χ1v) is 6.72. The summed E-state index contributed by atoms with van der Waals surface area (Å²) in [6.07, 6.45) is 0.928. The van der Waals surface area contributed by atoms with Crippen LogP contribution < -0.4 is 0 Å². The zero-order chi connectivity index (χ0) is 14.4. The van der Waals surface area contributed by atoms with Crippen LogP contribution in [0.15, 0.2) is 35.4 Å². The number of aliphatic hydroxyl groups is 1. The van der Waals surface area contributed by atoms with E-state index in [0.29, 0.717) is 25.9 Å². The third kappa shape index (κ3) is 3.29. The van der Waals surface area contributed by atoms with Gasteiger partial charge >= 0.3 is 0 Å². The molecule has 106 valence electrons. The first-order chi connectivity index (χ1) is 9.76. The number of nitrogens with zero attached hydrogens (tertiary/aromatic N) is 4. The maximum atomic E-state index is 12.1. The van der Waals surface area contributed by atoms with Gasteiger partial charge in [-0.3, -0.25) is 4.79 Å². The summed E-state index contributed by atoms with van der Waals surface area (Å²) < 4.78 is 0. The fraction of sp³-hybridized carbons (Fsp3) is 0.500. The molecule has 1 heterocycles. The number of azide groups is 1. The van der Waals surface area contributed by atoms with Crippen molar-refractivity contribution in [3.63, 3.8) is 0 Å². The van der Waals surface area contributed by atoms with E-state index in [1.165, 1.54) is 0 Å². The van der Waals surface area contributed by atoms with E-state index in [4.69, 9.17) is 5.53 Å². The molecule has 1 saturated heterocycles. The molecule has 2 atom stereocenters. The molecular weight excluding hydrogens is 256 g/mol. The number of aliphatic hydroxyl groups excluding tert-OH is 1. The van der Waals surface area contributed by atoms with Gasteiger partial charge in [-0.25, -0.2) is 0 Å². The first-order valence-electron chi connectivity index (χ1n) is 6.72. The van der Waals surface area contributed by atoms with Crippen LogP contribution >= 0.6 is 0 Å². The minimum Gasteiger partial charge on any atom is -0.396 e. The van der Waals surface area contributed by atoms with Crippen molar-refractivity contribution < 1.29 is 9.90 Å². The second kappa shape index (κ2) is 6.93. The first kappa shape index (κ1) is 14.4. The van der Waals surface area contributed by atoms with Crippen LogP contribution in [0, 0.1) is 5.92 Å². The van der Waals surface area contributed by atoms with Gasteiger partial charge in [0, 0.05) is 31.0 Å². The normalized spacial score (nSPS) is 19.8. The van der Waals surface area contributed by atoms with Crippen LogP contribution in [0.5, 0.6) is 0 Å².